The van der Waals surface area contributed by atoms with Crippen molar-refractivity contribution in [2.75, 3.05) is 0 Å². The minimum absolute atomic E-state index is 0.585. The molecule has 0 amide bonds. The van der Waals surface area contributed by atoms with Crippen molar-refractivity contribution >= 4 is 27.5 Å². The summed E-state index contributed by atoms with van der Waals surface area (Å²) >= 11 is 9.14. The summed E-state index contributed by atoms with van der Waals surface area (Å²) in [4.78, 5) is 0. The quantitative estimate of drug-likeness (QED) is 0.543. The predicted molar refractivity (Wildman–Crippen MR) is 46.0 cm³/mol. The van der Waals surface area contributed by atoms with Gasteiger partial charge < -0.3 is 0 Å². The lowest BCUT2D eigenvalue weighted by atomic mass is 10.2. The van der Waals surface area contributed by atoms with Crippen LogP contribution in [0.5, 0.6) is 0 Å². The van der Waals surface area contributed by atoms with Crippen molar-refractivity contribution in [2.45, 2.75) is 13.8 Å². The van der Waals surface area contributed by atoms with E-state index in [9.17, 15) is 5.21 Å². The Balaban J connectivity index is 3.46. The topological polar surface area (TPSA) is 24.1 Å². The van der Waals surface area contributed by atoms with Gasteiger partial charge in [-0.2, -0.15) is 0 Å². The third-order valence-corrected chi connectivity index (χ3v) is 2.94. The van der Waals surface area contributed by atoms with Gasteiger partial charge in [-0.25, -0.2) is 0 Å². The fourth-order valence-electron chi connectivity index (χ4n) is 0.778. The Morgan fingerprint density at radius 1 is 1.55 bits per heavy atom. The van der Waals surface area contributed by atoms with E-state index >= 15 is 0 Å². The molecule has 0 aliphatic rings. The Morgan fingerprint density at radius 2 is 2.09 bits per heavy atom. The summed E-state index contributed by atoms with van der Waals surface area (Å²) < 4.78 is 1.80. The van der Waals surface area contributed by atoms with Crippen LogP contribution in [0.15, 0.2) is 10.7 Å². The van der Waals surface area contributed by atoms with Crippen molar-refractivity contribution in [3.05, 3.63) is 26.9 Å². The van der Waals surface area contributed by atoms with Gasteiger partial charge >= 0.3 is 0 Å². The molecule has 11 heavy (non-hydrogen) atoms. The maximum absolute atomic E-state index is 9.21. The number of halogens is 2. The Morgan fingerprint density at radius 3 is 2.64 bits per heavy atom. The molecule has 0 aliphatic carbocycles. The van der Waals surface area contributed by atoms with Crippen LogP contribution in [0.4, 0.5) is 0 Å². The second-order valence-corrected chi connectivity index (χ2v) is 3.58. The average molecular weight is 238 g/mol. The molecule has 2 nitrogen and oxygen atoms in total. The molecule has 60 valence electrons. The van der Waals surface area contributed by atoms with Crippen molar-refractivity contribution in [1.82, 2.24) is 0 Å². The lowest BCUT2D eigenvalue weighted by molar-refractivity contribution is -0.909. The molecule has 0 atom stereocenters. The summed E-state index contributed by atoms with van der Waals surface area (Å²) in [6.07, 6.45) is 1.57. The molecule has 1 N–H and O–H groups in total. The summed E-state index contributed by atoms with van der Waals surface area (Å²) in [6, 6.07) is 0. The predicted octanol–water partition coefficient (Wildman–Crippen LogP) is 2.24. The molecule has 0 unspecified atom stereocenters. The summed E-state index contributed by atoms with van der Waals surface area (Å²) in [5.41, 5.74) is 1.59. The molecule has 0 saturated carbocycles. The third kappa shape index (κ3) is 1.49. The van der Waals surface area contributed by atoms with Gasteiger partial charge in [0.25, 0.3) is 0 Å². The highest BCUT2D eigenvalue weighted by atomic mass is 79.9. The van der Waals surface area contributed by atoms with Gasteiger partial charge in [0.1, 0.15) is 5.02 Å². The normalized spacial score (nSPS) is 10.2. The van der Waals surface area contributed by atoms with Gasteiger partial charge in [0.15, 0.2) is 0 Å². The van der Waals surface area contributed by atoms with Crippen LogP contribution in [0.2, 0.25) is 5.02 Å². The second-order valence-electron chi connectivity index (χ2n) is 2.35. The van der Waals surface area contributed by atoms with Crippen molar-refractivity contribution in [3.8, 4) is 0 Å². The van der Waals surface area contributed by atoms with E-state index in [0.717, 1.165) is 14.8 Å². The van der Waals surface area contributed by atoms with Crippen molar-refractivity contribution in [2.24, 2.45) is 0 Å². The van der Waals surface area contributed by atoms with Crippen LogP contribution in [0.25, 0.3) is 0 Å². The molecule has 0 aromatic carbocycles. The zero-order chi connectivity index (χ0) is 8.59. The van der Waals surface area contributed by atoms with Gasteiger partial charge in [-0.05, 0) is 28.4 Å². The molecule has 1 rings (SSSR count). The van der Waals surface area contributed by atoms with E-state index < -0.39 is 0 Å². The molecule has 1 heterocycles. The van der Waals surface area contributed by atoms with E-state index in [1.807, 2.05) is 6.92 Å². The molecule has 0 radical (unpaired) electrons. The Kier molecular flexibility index (Phi) is 2.40. The van der Waals surface area contributed by atoms with Crippen LogP contribution in [0.1, 0.15) is 11.3 Å². The van der Waals surface area contributed by atoms with E-state index in [1.54, 1.807) is 13.1 Å². The van der Waals surface area contributed by atoms with Crippen molar-refractivity contribution < 1.29 is 9.94 Å². The Hall–Kier alpha value is -0.280. The molecule has 1 aromatic rings. The fourth-order valence-corrected chi connectivity index (χ4v) is 1.47. The first-order valence-electron chi connectivity index (χ1n) is 3.10. The minimum atomic E-state index is 0.585. The maximum Gasteiger partial charge on any atom is 0.249 e. The Labute approximate surface area is 78.5 Å². The summed E-state index contributed by atoms with van der Waals surface area (Å²) in [5, 5.41) is 9.79. The van der Waals surface area contributed by atoms with Crippen LogP contribution < -0.4 is 4.73 Å². The molecule has 0 fully saturated rings. The first-order chi connectivity index (χ1) is 5.04. The highest BCUT2D eigenvalue weighted by molar-refractivity contribution is 9.10. The molecular weight excluding hydrogens is 229 g/mol. The van der Waals surface area contributed by atoms with Crippen molar-refractivity contribution in [1.29, 1.82) is 0 Å². The van der Waals surface area contributed by atoms with Gasteiger partial charge in [-0.15, -0.1) is 0 Å². The molecule has 1 aromatic heterocycles. The summed E-state index contributed by atoms with van der Waals surface area (Å²) in [7, 11) is 0. The monoisotopic (exact) mass is 236 g/mol. The SMILES string of the molecule is Cc1c(Br)c[n+](O)c(C)c1Cl. The number of rotatable bonds is 0. The van der Waals surface area contributed by atoms with Gasteiger partial charge in [0, 0.05) is 11.7 Å². The number of hydrogen-bond donors (Lipinski definition) is 1. The van der Waals surface area contributed by atoms with Crippen LogP contribution in [0, 0.1) is 13.8 Å². The highest BCUT2D eigenvalue weighted by Crippen LogP contribution is 2.23. The average Bonchev–Trinajstić information content (AvgIpc) is 1.97. The first kappa shape index (κ1) is 8.81. The van der Waals surface area contributed by atoms with Crippen LogP contribution in [0.3, 0.4) is 0 Å². The van der Waals surface area contributed by atoms with Crippen LogP contribution >= 0.6 is 27.5 Å². The van der Waals surface area contributed by atoms with Gasteiger partial charge in [0.05, 0.1) is 4.47 Å². The molecule has 0 saturated heterocycles. The number of aromatic nitrogens is 1. The second kappa shape index (κ2) is 2.99. The van der Waals surface area contributed by atoms with E-state index in [-0.39, 0.29) is 0 Å². The first-order valence-corrected chi connectivity index (χ1v) is 4.27. The molecule has 0 bridgehead atoms. The van der Waals surface area contributed by atoms with Crippen LogP contribution in [-0.2, 0) is 0 Å². The lowest BCUT2D eigenvalue weighted by Gasteiger charge is -1.99. The summed E-state index contributed by atoms with van der Waals surface area (Å²) in [5.74, 6) is 0. The van der Waals surface area contributed by atoms with Crippen LogP contribution in [-0.4, -0.2) is 5.21 Å². The summed E-state index contributed by atoms with van der Waals surface area (Å²) in [6.45, 7) is 3.64. The highest BCUT2D eigenvalue weighted by Gasteiger charge is 2.15. The maximum atomic E-state index is 9.21. The minimum Gasteiger partial charge on any atom is -0.285 e. The zero-order valence-corrected chi connectivity index (χ0v) is 8.57. The number of nitrogens with zero attached hydrogens (tertiary/aromatic N) is 1. The number of pyridine rings is 1. The fraction of sp³-hybridized carbons (Fsp3) is 0.286. The van der Waals surface area contributed by atoms with E-state index in [0.29, 0.717) is 10.7 Å². The van der Waals surface area contributed by atoms with Gasteiger partial charge in [-0.3, -0.25) is 5.21 Å². The molecular formula is C7H8BrClNO+. The van der Waals surface area contributed by atoms with E-state index in [1.165, 1.54) is 0 Å². The molecule has 0 spiro atoms. The number of hydrogen-bond acceptors (Lipinski definition) is 1. The standard InChI is InChI=1S/C7H8BrClNO/c1-4-6(8)3-10(11)5(2)7(4)9/h3,11H,1-2H3/q+1. The zero-order valence-electron chi connectivity index (χ0n) is 6.23. The van der Waals surface area contributed by atoms with Crippen molar-refractivity contribution in [3.63, 3.8) is 0 Å². The third-order valence-electron chi connectivity index (χ3n) is 1.58. The molecule has 4 heteroatoms. The van der Waals surface area contributed by atoms with E-state index in [2.05, 4.69) is 15.9 Å². The smallest absolute Gasteiger partial charge is 0.249 e. The largest absolute Gasteiger partial charge is 0.285 e. The lowest BCUT2D eigenvalue weighted by Crippen LogP contribution is -2.33. The van der Waals surface area contributed by atoms with Gasteiger partial charge in [0.2, 0.25) is 11.9 Å². The van der Waals surface area contributed by atoms with E-state index in [4.69, 9.17) is 11.6 Å². The Bertz CT molecular complexity index is 275. The molecule has 0 aliphatic heterocycles. The van der Waals surface area contributed by atoms with Gasteiger partial charge in [-0.1, -0.05) is 11.6 Å².